The highest BCUT2D eigenvalue weighted by atomic mass is 32.1. The third-order valence-electron chi connectivity index (χ3n) is 10.3. The molecule has 5 aromatic heterocycles. The van der Waals surface area contributed by atoms with Crippen molar-refractivity contribution in [3.63, 3.8) is 0 Å². The molecule has 0 saturated carbocycles. The quantitative estimate of drug-likeness (QED) is 0.187. The van der Waals surface area contributed by atoms with Crippen LogP contribution in [0.3, 0.4) is 0 Å². The Morgan fingerprint density at radius 1 is 0.353 bits per heavy atom. The molecular weight excluding hydrogens is 641 g/mol. The lowest BCUT2D eigenvalue weighted by atomic mass is 9.99. The van der Waals surface area contributed by atoms with E-state index in [4.69, 9.17) is 4.98 Å². The number of hydrogen-bond donors (Lipinski definition) is 0. The van der Waals surface area contributed by atoms with Gasteiger partial charge in [-0.1, -0.05) is 66.7 Å². The Morgan fingerprint density at radius 3 is 1.63 bits per heavy atom. The van der Waals surface area contributed by atoms with E-state index in [2.05, 4.69) is 160 Å². The van der Waals surface area contributed by atoms with Crippen LogP contribution < -0.4 is 0 Å². The van der Waals surface area contributed by atoms with Crippen LogP contribution in [0.1, 0.15) is 0 Å². The van der Waals surface area contributed by atoms with E-state index in [0.717, 1.165) is 33.6 Å². The molecule has 0 fully saturated rings. The van der Waals surface area contributed by atoms with E-state index >= 15 is 0 Å². The van der Waals surface area contributed by atoms with Gasteiger partial charge in [-0.05, 0) is 90.0 Å². The number of pyridine rings is 2. The van der Waals surface area contributed by atoms with E-state index < -0.39 is 0 Å². The lowest BCUT2D eigenvalue weighted by Gasteiger charge is -2.10. The zero-order valence-corrected chi connectivity index (χ0v) is 28.2. The molecule has 0 radical (unpaired) electrons. The smallest absolute Gasteiger partial charge is 0.0541 e. The van der Waals surface area contributed by atoms with Crippen molar-refractivity contribution in [1.82, 2.24) is 19.1 Å². The van der Waals surface area contributed by atoms with Crippen molar-refractivity contribution in [2.45, 2.75) is 0 Å². The molecular formula is C46H28N4S. The first-order valence-corrected chi connectivity index (χ1v) is 17.9. The van der Waals surface area contributed by atoms with Crippen molar-refractivity contribution >= 4 is 75.1 Å². The SMILES string of the molecule is c1ccc(-n2c3ccccc3c3cc(-c4cncc(-c5ccc6c(c5)c5ccccc5n6-c5ccc6sc7ccncc7c6c5)c4)ccc32)cc1. The zero-order valence-electron chi connectivity index (χ0n) is 27.4. The fourth-order valence-electron chi connectivity index (χ4n) is 7.94. The fourth-order valence-corrected chi connectivity index (χ4v) is 9.00. The molecule has 0 aliphatic rings. The number of rotatable bonds is 4. The van der Waals surface area contributed by atoms with E-state index in [1.807, 2.05) is 36.1 Å². The minimum absolute atomic E-state index is 1.09. The molecule has 0 amide bonds. The summed E-state index contributed by atoms with van der Waals surface area (Å²) < 4.78 is 7.29. The summed E-state index contributed by atoms with van der Waals surface area (Å²) in [6.07, 6.45) is 7.82. The van der Waals surface area contributed by atoms with Crippen molar-refractivity contribution in [3.05, 3.63) is 170 Å². The highest BCUT2D eigenvalue weighted by Crippen LogP contribution is 2.40. The number of para-hydroxylation sites is 3. The predicted octanol–water partition coefficient (Wildman–Crippen LogP) is 12.4. The lowest BCUT2D eigenvalue weighted by molar-refractivity contribution is 1.18. The van der Waals surface area contributed by atoms with Crippen LogP contribution >= 0.6 is 11.3 Å². The highest BCUT2D eigenvalue weighted by molar-refractivity contribution is 7.25. The predicted molar refractivity (Wildman–Crippen MR) is 214 cm³/mol. The first-order chi connectivity index (χ1) is 25.3. The summed E-state index contributed by atoms with van der Waals surface area (Å²) in [6, 6.07) is 52.8. The molecule has 0 spiro atoms. The van der Waals surface area contributed by atoms with Crippen molar-refractivity contribution in [2.75, 3.05) is 0 Å². The van der Waals surface area contributed by atoms with Gasteiger partial charge >= 0.3 is 0 Å². The summed E-state index contributed by atoms with van der Waals surface area (Å²) in [5, 5.41) is 7.38. The van der Waals surface area contributed by atoms with Crippen LogP contribution in [0.25, 0.3) is 97.4 Å². The number of nitrogens with zero attached hydrogens (tertiary/aromatic N) is 4. The molecule has 238 valence electrons. The highest BCUT2D eigenvalue weighted by Gasteiger charge is 2.16. The van der Waals surface area contributed by atoms with Crippen LogP contribution in [0.5, 0.6) is 0 Å². The second-order valence-corrected chi connectivity index (χ2v) is 14.2. The second-order valence-electron chi connectivity index (χ2n) is 13.1. The van der Waals surface area contributed by atoms with Gasteiger partial charge < -0.3 is 9.13 Å². The van der Waals surface area contributed by atoms with Crippen molar-refractivity contribution < 1.29 is 0 Å². The average Bonchev–Trinajstić information content (AvgIpc) is 3.85. The van der Waals surface area contributed by atoms with Crippen LogP contribution in [0.2, 0.25) is 0 Å². The minimum Gasteiger partial charge on any atom is -0.309 e. The summed E-state index contributed by atoms with van der Waals surface area (Å²) in [5.74, 6) is 0. The molecule has 6 aromatic carbocycles. The van der Waals surface area contributed by atoms with Gasteiger partial charge in [-0.25, -0.2) is 0 Å². The third kappa shape index (κ3) is 4.32. The molecule has 0 saturated heterocycles. The van der Waals surface area contributed by atoms with Crippen molar-refractivity contribution in [1.29, 1.82) is 0 Å². The van der Waals surface area contributed by atoms with Gasteiger partial charge in [0.15, 0.2) is 0 Å². The maximum Gasteiger partial charge on any atom is 0.0541 e. The first-order valence-electron chi connectivity index (χ1n) is 17.1. The maximum atomic E-state index is 4.76. The molecule has 0 aliphatic carbocycles. The fraction of sp³-hybridized carbons (Fsp3) is 0. The minimum atomic E-state index is 1.09. The largest absolute Gasteiger partial charge is 0.309 e. The molecule has 0 atom stereocenters. The number of fused-ring (bicyclic) bond motifs is 9. The van der Waals surface area contributed by atoms with Gasteiger partial charge in [-0.2, -0.15) is 0 Å². The van der Waals surface area contributed by atoms with Crippen molar-refractivity contribution in [2.24, 2.45) is 0 Å². The van der Waals surface area contributed by atoms with Gasteiger partial charge in [-0.15, -0.1) is 11.3 Å². The molecule has 0 N–H and O–H groups in total. The van der Waals surface area contributed by atoms with Gasteiger partial charge in [0, 0.05) is 89.0 Å². The molecule has 11 aromatic rings. The van der Waals surface area contributed by atoms with Gasteiger partial charge in [-0.3, -0.25) is 9.97 Å². The van der Waals surface area contributed by atoms with Crippen LogP contribution in [-0.4, -0.2) is 19.1 Å². The van der Waals surface area contributed by atoms with Crippen LogP contribution in [0, 0.1) is 0 Å². The normalized spacial score (nSPS) is 11.9. The molecule has 11 rings (SSSR count). The lowest BCUT2D eigenvalue weighted by Crippen LogP contribution is -1.93. The third-order valence-corrected chi connectivity index (χ3v) is 11.4. The summed E-state index contributed by atoms with van der Waals surface area (Å²) in [4.78, 5) is 9.18. The van der Waals surface area contributed by atoms with Crippen LogP contribution in [0.15, 0.2) is 170 Å². The monoisotopic (exact) mass is 668 g/mol. The number of benzene rings is 6. The summed E-state index contributed by atoms with van der Waals surface area (Å²) in [6.45, 7) is 0. The summed E-state index contributed by atoms with van der Waals surface area (Å²) >= 11 is 1.82. The Morgan fingerprint density at radius 2 is 0.941 bits per heavy atom. The molecule has 51 heavy (non-hydrogen) atoms. The molecule has 5 heterocycles. The maximum absolute atomic E-state index is 4.76. The second kappa shape index (κ2) is 11.0. The van der Waals surface area contributed by atoms with Gasteiger partial charge in [0.05, 0.1) is 22.1 Å². The Bertz CT molecular complexity index is 3150. The first kappa shape index (κ1) is 28.3. The van der Waals surface area contributed by atoms with Gasteiger partial charge in [0.25, 0.3) is 0 Å². The zero-order chi connectivity index (χ0) is 33.5. The molecule has 4 nitrogen and oxygen atoms in total. The van der Waals surface area contributed by atoms with Crippen molar-refractivity contribution in [3.8, 4) is 33.6 Å². The summed E-state index contributed by atoms with van der Waals surface area (Å²) in [5.41, 5.74) is 11.6. The van der Waals surface area contributed by atoms with E-state index in [-0.39, 0.29) is 0 Å². The van der Waals surface area contributed by atoms with E-state index in [0.29, 0.717) is 0 Å². The Labute approximate surface area is 297 Å². The Hall–Kier alpha value is -6.56. The van der Waals surface area contributed by atoms with Gasteiger partial charge in [0.2, 0.25) is 0 Å². The Balaban J connectivity index is 1.04. The number of aromatic nitrogens is 4. The van der Waals surface area contributed by atoms with Crippen LogP contribution in [0.4, 0.5) is 0 Å². The molecule has 0 unspecified atom stereocenters. The average molecular weight is 669 g/mol. The molecule has 0 aliphatic heterocycles. The molecule has 5 heteroatoms. The summed E-state index contributed by atoms with van der Waals surface area (Å²) in [7, 11) is 0. The topological polar surface area (TPSA) is 35.6 Å². The van der Waals surface area contributed by atoms with Crippen LogP contribution in [-0.2, 0) is 0 Å². The standard InChI is InChI=1S/C46H28N4S/c1-2-8-33(9-3-1)49-41-12-6-4-10-35(41)37-23-29(14-17-43(37)49)31-22-32(27-48-26-31)30-15-18-44-38(24-30)36-11-5-7-13-42(36)50(44)34-16-19-45-39(25-34)40-28-47-21-20-46(40)51-45/h1-28H. The Kier molecular flexibility index (Phi) is 6.09. The van der Waals surface area contributed by atoms with Gasteiger partial charge in [0.1, 0.15) is 0 Å². The van der Waals surface area contributed by atoms with E-state index in [1.165, 1.54) is 63.8 Å². The van der Waals surface area contributed by atoms with E-state index in [1.54, 1.807) is 0 Å². The number of hydrogen-bond acceptors (Lipinski definition) is 3. The molecule has 0 bridgehead atoms. The number of thiophene rings is 1. The van der Waals surface area contributed by atoms with E-state index in [9.17, 15) is 0 Å².